The zero-order valence-corrected chi connectivity index (χ0v) is 24.3. The quantitative estimate of drug-likeness (QED) is 0.344. The van der Waals surface area contributed by atoms with Gasteiger partial charge in [0.25, 0.3) is 11.8 Å². The monoisotopic (exact) mass is 601 g/mol. The maximum atomic E-state index is 14.5. The summed E-state index contributed by atoms with van der Waals surface area (Å²) in [4.78, 5) is 56.2. The van der Waals surface area contributed by atoms with E-state index in [1.807, 2.05) is 59.5 Å². The fourth-order valence-corrected chi connectivity index (χ4v) is 6.61. The molecule has 4 amide bonds. The van der Waals surface area contributed by atoms with E-state index in [2.05, 4.69) is 5.32 Å². The highest BCUT2D eigenvalue weighted by Crippen LogP contribution is 2.41. The molecule has 2 fully saturated rings. The predicted octanol–water partition coefficient (Wildman–Crippen LogP) is 4.17. The van der Waals surface area contributed by atoms with Crippen LogP contribution in [0.15, 0.2) is 72.8 Å². The van der Waals surface area contributed by atoms with E-state index in [9.17, 15) is 23.6 Å². The molecule has 3 aliphatic heterocycles. The number of anilines is 2. The first-order valence-electron chi connectivity index (χ1n) is 14.9. The summed E-state index contributed by atoms with van der Waals surface area (Å²) >= 11 is 0. The third-order valence-corrected chi connectivity index (χ3v) is 8.92. The molecule has 1 N–H and O–H groups in total. The molecule has 3 heterocycles. The van der Waals surface area contributed by atoms with E-state index in [4.69, 9.17) is 5.26 Å². The summed E-state index contributed by atoms with van der Waals surface area (Å²) in [5, 5.41) is 13.1. The average Bonchev–Trinajstić information content (AvgIpc) is 3.34. The minimum Gasteiger partial charge on any atom is -0.366 e. The molecule has 3 aliphatic rings. The van der Waals surface area contributed by atoms with Gasteiger partial charge >= 0.3 is 0 Å². The number of nitrogens with one attached hydrogen (secondary N) is 1. The third kappa shape index (κ3) is 4.96. The number of nitrogens with zero attached hydrogens (tertiary/aromatic N) is 4. The van der Waals surface area contributed by atoms with E-state index in [1.165, 1.54) is 11.0 Å². The molecule has 0 saturated carbocycles. The topological polar surface area (TPSA) is 114 Å². The molecule has 4 aromatic carbocycles. The number of nitriles is 1. The van der Waals surface area contributed by atoms with Crippen LogP contribution in [0.2, 0.25) is 0 Å². The van der Waals surface area contributed by atoms with Crippen molar-refractivity contribution in [2.24, 2.45) is 0 Å². The van der Waals surface area contributed by atoms with Gasteiger partial charge in [-0.05, 0) is 71.8 Å². The highest BCUT2D eigenvalue weighted by atomic mass is 19.1. The highest BCUT2D eigenvalue weighted by Gasteiger charge is 2.40. The van der Waals surface area contributed by atoms with Crippen LogP contribution in [0.3, 0.4) is 0 Å². The van der Waals surface area contributed by atoms with Crippen molar-refractivity contribution >= 4 is 45.8 Å². The minimum absolute atomic E-state index is 0.0844. The summed E-state index contributed by atoms with van der Waals surface area (Å²) in [6.45, 7) is 1.88. The number of hydrogen-bond donors (Lipinski definition) is 1. The van der Waals surface area contributed by atoms with Crippen LogP contribution in [0.25, 0.3) is 10.8 Å². The van der Waals surface area contributed by atoms with Crippen LogP contribution in [0.4, 0.5) is 15.8 Å². The van der Waals surface area contributed by atoms with Crippen molar-refractivity contribution < 1.29 is 23.6 Å². The van der Waals surface area contributed by atoms with Gasteiger partial charge in [-0.25, -0.2) is 4.39 Å². The fourth-order valence-electron chi connectivity index (χ4n) is 6.61. The Kier molecular flexibility index (Phi) is 7.01. The number of piperazine rings is 1. The van der Waals surface area contributed by atoms with Crippen LogP contribution in [-0.4, -0.2) is 60.7 Å². The standard InChI is InChI=1S/C35H28FN5O4/c36-27-19-22(20-37)6-10-28(27)39-14-16-40(17-15-39)34(44)23-7-4-21(5-8-23)18-24-9-11-29-32-25(24)2-1-3-26(32)35(45)41(29)30-12-13-31(42)38-33(30)43/h1-11,19,30H,12-18H2,(H,38,42,43). The Morgan fingerprint density at radius 1 is 0.933 bits per heavy atom. The van der Waals surface area contributed by atoms with Gasteiger partial charge in [0.15, 0.2) is 0 Å². The molecule has 10 heteroatoms. The molecule has 0 aliphatic carbocycles. The maximum Gasteiger partial charge on any atom is 0.259 e. The first-order valence-corrected chi connectivity index (χ1v) is 14.9. The number of rotatable bonds is 5. The number of amides is 4. The lowest BCUT2D eigenvalue weighted by Gasteiger charge is -2.36. The molecular weight excluding hydrogens is 573 g/mol. The predicted molar refractivity (Wildman–Crippen MR) is 165 cm³/mol. The Morgan fingerprint density at radius 3 is 2.40 bits per heavy atom. The molecule has 1 unspecified atom stereocenters. The summed E-state index contributed by atoms with van der Waals surface area (Å²) < 4.78 is 14.5. The van der Waals surface area contributed by atoms with Gasteiger partial charge in [-0.3, -0.25) is 29.4 Å². The Labute approximate surface area is 258 Å². The molecule has 0 spiro atoms. The molecular formula is C35H28FN5O4. The van der Waals surface area contributed by atoms with Crippen LogP contribution >= 0.6 is 0 Å². The van der Waals surface area contributed by atoms with Gasteiger partial charge in [-0.1, -0.05) is 30.3 Å². The van der Waals surface area contributed by atoms with Crippen molar-refractivity contribution in [3.63, 3.8) is 0 Å². The SMILES string of the molecule is N#Cc1ccc(N2CCN(C(=O)c3ccc(Cc4ccc5c6c(cccc46)C(=O)N5C4CCC(=O)NC4=O)cc3)CC2)c(F)c1. The minimum atomic E-state index is -0.734. The number of hydrogen-bond acceptors (Lipinski definition) is 6. The van der Waals surface area contributed by atoms with E-state index in [-0.39, 0.29) is 36.1 Å². The summed E-state index contributed by atoms with van der Waals surface area (Å²) in [5.41, 5.74) is 4.50. The second kappa shape index (κ2) is 11.2. The zero-order valence-electron chi connectivity index (χ0n) is 24.3. The van der Waals surface area contributed by atoms with Crippen LogP contribution in [-0.2, 0) is 16.0 Å². The van der Waals surface area contributed by atoms with Gasteiger partial charge in [0, 0.05) is 49.1 Å². The van der Waals surface area contributed by atoms with Gasteiger partial charge < -0.3 is 9.80 Å². The van der Waals surface area contributed by atoms with E-state index in [0.717, 1.165) is 21.9 Å². The van der Waals surface area contributed by atoms with Crippen LogP contribution in [0.5, 0.6) is 0 Å². The third-order valence-electron chi connectivity index (χ3n) is 8.92. The van der Waals surface area contributed by atoms with Crippen molar-refractivity contribution in [2.75, 3.05) is 36.0 Å². The molecule has 45 heavy (non-hydrogen) atoms. The van der Waals surface area contributed by atoms with Gasteiger partial charge in [-0.2, -0.15) is 5.26 Å². The zero-order chi connectivity index (χ0) is 31.2. The normalized spacial score (nSPS) is 17.9. The van der Waals surface area contributed by atoms with Crippen molar-refractivity contribution in [1.82, 2.24) is 10.2 Å². The number of halogens is 1. The summed E-state index contributed by atoms with van der Waals surface area (Å²) in [7, 11) is 0. The lowest BCUT2D eigenvalue weighted by Crippen LogP contribution is -2.53. The molecule has 0 radical (unpaired) electrons. The summed E-state index contributed by atoms with van der Waals surface area (Å²) in [5.74, 6) is -1.55. The Morgan fingerprint density at radius 2 is 1.69 bits per heavy atom. The number of imide groups is 1. The van der Waals surface area contributed by atoms with E-state index in [1.54, 1.807) is 23.1 Å². The fraction of sp³-hybridized carbons (Fsp3) is 0.229. The van der Waals surface area contributed by atoms with Crippen LogP contribution < -0.4 is 15.1 Å². The Bertz CT molecular complexity index is 1940. The van der Waals surface area contributed by atoms with E-state index >= 15 is 0 Å². The maximum absolute atomic E-state index is 14.5. The molecule has 224 valence electrons. The first-order chi connectivity index (χ1) is 21.8. The van der Waals surface area contributed by atoms with Gasteiger partial charge in [0.1, 0.15) is 11.9 Å². The smallest absolute Gasteiger partial charge is 0.259 e. The number of carbonyl (C=O) groups is 4. The number of carbonyl (C=O) groups excluding carboxylic acids is 4. The number of piperidine rings is 1. The molecule has 0 aromatic heterocycles. The Balaban J connectivity index is 1.05. The highest BCUT2D eigenvalue weighted by molar-refractivity contribution is 6.27. The van der Waals surface area contributed by atoms with Crippen molar-refractivity contribution in [3.05, 3.63) is 106 Å². The van der Waals surface area contributed by atoms with Crippen LogP contribution in [0.1, 0.15) is 50.2 Å². The van der Waals surface area contributed by atoms with Crippen molar-refractivity contribution in [3.8, 4) is 6.07 Å². The van der Waals surface area contributed by atoms with E-state index < -0.39 is 17.8 Å². The van der Waals surface area contributed by atoms with E-state index in [0.29, 0.717) is 55.1 Å². The second-order valence-electron chi connectivity index (χ2n) is 11.5. The molecule has 0 bridgehead atoms. The molecule has 1 atom stereocenters. The molecule has 4 aromatic rings. The summed E-state index contributed by atoms with van der Waals surface area (Å²) in [6.07, 6.45) is 1.05. The number of benzene rings is 4. The van der Waals surface area contributed by atoms with Crippen molar-refractivity contribution in [1.29, 1.82) is 5.26 Å². The Hall–Kier alpha value is -5.56. The van der Waals surface area contributed by atoms with Gasteiger partial charge in [-0.15, -0.1) is 0 Å². The van der Waals surface area contributed by atoms with Gasteiger partial charge in [0.2, 0.25) is 11.8 Å². The summed E-state index contributed by atoms with van der Waals surface area (Å²) in [6, 6.07) is 22.6. The lowest BCUT2D eigenvalue weighted by molar-refractivity contribution is -0.134. The van der Waals surface area contributed by atoms with Crippen molar-refractivity contribution in [2.45, 2.75) is 25.3 Å². The van der Waals surface area contributed by atoms with Gasteiger partial charge in [0.05, 0.1) is 23.0 Å². The largest absolute Gasteiger partial charge is 0.366 e. The van der Waals surface area contributed by atoms with Crippen LogP contribution in [0, 0.1) is 17.1 Å². The molecule has 2 saturated heterocycles. The lowest BCUT2D eigenvalue weighted by atomic mass is 9.95. The average molecular weight is 602 g/mol. The first kappa shape index (κ1) is 28.2. The molecule has 7 rings (SSSR count). The molecule has 9 nitrogen and oxygen atoms in total. The second-order valence-corrected chi connectivity index (χ2v) is 11.5.